The van der Waals surface area contributed by atoms with E-state index in [-0.39, 0.29) is 23.3 Å². The first kappa shape index (κ1) is 22.1. The highest BCUT2D eigenvalue weighted by molar-refractivity contribution is 7.99. The number of benzene rings is 1. The van der Waals surface area contributed by atoms with Crippen LogP contribution in [-0.4, -0.2) is 41.0 Å². The van der Waals surface area contributed by atoms with E-state index >= 15 is 0 Å². The fourth-order valence-electron chi connectivity index (χ4n) is 3.66. The first-order chi connectivity index (χ1) is 14.1. The van der Waals surface area contributed by atoms with E-state index in [1.165, 1.54) is 43.9 Å². The largest absolute Gasteiger partial charge is 0.383 e. The molecule has 1 aromatic carbocycles. The Bertz CT molecular complexity index is 895. The summed E-state index contributed by atoms with van der Waals surface area (Å²) in [7, 11) is 1.59. The summed E-state index contributed by atoms with van der Waals surface area (Å²) < 4.78 is 6.71. The van der Waals surface area contributed by atoms with Crippen LogP contribution >= 0.6 is 23.4 Å². The maximum absolute atomic E-state index is 12.9. The van der Waals surface area contributed by atoms with Crippen LogP contribution in [0, 0.1) is 0 Å². The molecule has 1 fully saturated rings. The Morgan fingerprint density at radius 1 is 1.28 bits per heavy atom. The highest BCUT2D eigenvalue weighted by atomic mass is 35.5. The standard InChI is InChI=1S/C21H28ClN3O3S/c1-28-12-11-25-20(27)17-10-9-15(22)13-18(17)24-21(25)29-14-19(26)23-16-7-5-3-2-4-6-8-16/h9-10,13,16H,2-8,11-12,14H2,1H3,(H,23,26). The second-order valence-corrected chi connectivity index (χ2v) is 8.78. The van der Waals surface area contributed by atoms with Gasteiger partial charge < -0.3 is 10.1 Å². The fourth-order valence-corrected chi connectivity index (χ4v) is 4.67. The van der Waals surface area contributed by atoms with Crippen LogP contribution in [0.5, 0.6) is 0 Å². The third-order valence-electron chi connectivity index (χ3n) is 5.20. The molecule has 158 valence electrons. The van der Waals surface area contributed by atoms with E-state index in [0.29, 0.717) is 34.2 Å². The molecule has 1 aromatic heterocycles. The van der Waals surface area contributed by atoms with Crippen LogP contribution in [0.2, 0.25) is 5.02 Å². The lowest BCUT2D eigenvalue weighted by atomic mass is 9.97. The van der Waals surface area contributed by atoms with Gasteiger partial charge in [0.05, 0.1) is 29.8 Å². The third-order valence-corrected chi connectivity index (χ3v) is 6.42. The van der Waals surface area contributed by atoms with Crippen molar-refractivity contribution in [2.75, 3.05) is 19.5 Å². The molecule has 6 nitrogen and oxygen atoms in total. The van der Waals surface area contributed by atoms with E-state index in [0.717, 1.165) is 12.8 Å². The number of ether oxygens (including phenoxy) is 1. The number of nitrogens with one attached hydrogen (secondary N) is 1. The molecule has 0 aliphatic heterocycles. The van der Waals surface area contributed by atoms with Gasteiger partial charge in [0.15, 0.2) is 5.16 Å². The minimum Gasteiger partial charge on any atom is -0.383 e. The molecule has 1 aliphatic carbocycles. The van der Waals surface area contributed by atoms with Crippen LogP contribution in [-0.2, 0) is 16.1 Å². The Hall–Kier alpha value is -1.57. The lowest BCUT2D eigenvalue weighted by Gasteiger charge is -2.21. The summed E-state index contributed by atoms with van der Waals surface area (Å²) in [6.07, 6.45) is 8.22. The van der Waals surface area contributed by atoms with Crippen molar-refractivity contribution in [1.29, 1.82) is 0 Å². The summed E-state index contributed by atoms with van der Waals surface area (Å²) in [6.45, 7) is 0.774. The van der Waals surface area contributed by atoms with Crippen molar-refractivity contribution in [1.82, 2.24) is 14.9 Å². The van der Waals surface area contributed by atoms with Crippen molar-refractivity contribution in [3.05, 3.63) is 33.6 Å². The zero-order valence-electron chi connectivity index (χ0n) is 16.8. The van der Waals surface area contributed by atoms with Crippen LogP contribution in [0.4, 0.5) is 0 Å². The van der Waals surface area contributed by atoms with Crippen LogP contribution in [0.25, 0.3) is 10.9 Å². The van der Waals surface area contributed by atoms with Gasteiger partial charge in [-0.3, -0.25) is 14.2 Å². The number of carbonyl (C=O) groups is 1. The average molecular weight is 438 g/mol. The SMILES string of the molecule is COCCn1c(SCC(=O)NC2CCCCCCC2)nc2cc(Cl)ccc2c1=O. The van der Waals surface area contributed by atoms with E-state index in [1.807, 2.05) is 0 Å². The second-order valence-electron chi connectivity index (χ2n) is 7.40. The zero-order chi connectivity index (χ0) is 20.6. The van der Waals surface area contributed by atoms with E-state index in [9.17, 15) is 9.59 Å². The molecule has 1 amide bonds. The van der Waals surface area contributed by atoms with E-state index in [2.05, 4.69) is 10.3 Å². The quantitative estimate of drug-likeness (QED) is 0.523. The Kier molecular flexibility index (Phi) is 8.39. The molecular weight excluding hydrogens is 410 g/mol. The summed E-state index contributed by atoms with van der Waals surface area (Å²) in [4.78, 5) is 30.0. The van der Waals surface area contributed by atoms with E-state index < -0.39 is 0 Å². The molecule has 1 aliphatic rings. The number of rotatable bonds is 7. The lowest BCUT2D eigenvalue weighted by molar-refractivity contribution is -0.119. The molecule has 2 aromatic rings. The first-order valence-electron chi connectivity index (χ1n) is 10.2. The lowest BCUT2D eigenvalue weighted by Crippen LogP contribution is -2.36. The minimum atomic E-state index is -0.147. The van der Waals surface area contributed by atoms with Crippen molar-refractivity contribution in [3.8, 4) is 0 Å². The predicted molar refractivity (Wildman–Crippen MR) is 118 cm³/mol. The van der Waals surface area contributed by atoms with Gasteiger partial charge in [0.1, 0.15) is 0 Å². The van der Waals surface area contributed by atoms with Gasteiger partial charge in [-0.2, -0.15) is 0 Å². The predicted octanol–water partition coefficient (Wildman–Crippen LogP) is 4.02. The maximum atomic E-state index is 12.9. The van der Waals surface area contributed by atoms with Gasteiger partial charge in [-0.15, -0.1) is 0 Å². The van der Waals surface area contributed by atoms with Crippen molar-refractivity contribution < 1.29 is 9.53 Å². The number of fused-ring (bicyclic) bond motifs is 1. The van der Waals surface area contributed by atoms with Crippen LogP contribution in [0.1, 0.15) is 44.9 Å². The molecule has 3 rings (SSSR count). The number of nitrogens with zero attached hydrogens (tertiary/aromatic N) is 2. The van der Waals surface area contributed by atoms with Gasteiger partial charge in [0.2, 0.25) is 5.91 Å². The summed E-state index contributed by atoms with van der Waals surface area (Å²) in [5.41, 5.74) is 0.394. The zero-order valence-corrected chi connectivity index (χ0v) is 18.4. The van der Waals surface area contributed by atoms with Gasteiger partial charge in [-0.25, -0.2) is 4.98 Å². The van der Waals surface area contributed by atoms with Gasteiger partial charge in [-0.1, -0.05) is 55.5 Å². The Morgan fingerprint density at radius 2 is 2.00 bits per heavy atom. The molecule has 1 heterocycles. The average Bonchev–Trinajstić information content (AvgIpc) is 2.67. The molecule has 0 bridgehead atoms. The Morgan fingerprint density at radius 3 is 2.72 bits per heavy atom. The smallest absolute Gasteiger partial charge is 0.262 e. The van der Waals surface area contributed by atoms with Crippen LogP contribution in [0.15, 0.2) is 28.2 Å². The van der Waals surface area contributed by atoms with E-state index in [4.69, 9.17) is 16.3 Å². The van der Waals surface area contributed by atoms with Gasteiger partial charge >= 0.3 is 0 Å². The number of hydrogen-bond acceptors (Lipinski definition) is 5. The molecule has 1 saturated carbocycles. The highest BCUT2D eigenvalue weighted by Crippen LogP contribution is 2.21. The molecule has 29 heavy (non-hydrogen) atoms. The third kappa shape index (κ3) is 6.20. The second kappa shape index (κ2) is 11.0. The summed E-state index contributed by atoms with van der Waals surface area (Å²) >= 11 is 7.35. The fraction of sp³-hybridized carbons (Fsp3) is 0.571. The molecular formula is C21H28ClN3O3S. The monoisotopic (exact) mass is 437 g/mol. The molecule has 0 atom stereocenters. The number of methoxy groups -OCH3 is 1. The Balaban J connectivity index is 1.73. The highest BCUT2D eigenvalue weighted by Gasteiger charge is 2.17. The number of hydrogen-bond donors (Lipinski definition) is 1. The van der Waals surface area contributed by atoms with Crippen molar-refractivity contribution in [2.24, 2.45) is 0 Å². The topological polar surface area (TPSA) is 73.2 Å². The summed E-state index contributed by atoms with van der Waals surface area (Å²) in [6, 6.07) is 5.30. The summed E-state index contributed by atoms with van der Waals surface area (Å²) in [5.74, 6) is 0.210. The first-order valence-corrected chi connectivity index (χ1v) is 11.6. The number of amides is 1. The molecule has 1 N–H and O–H groups in total. The Labute approximate surface area is 180 Å². The molecule has 0 unspecified atom stereocenters. The van der Waals surface area contributed by atoms with Crippen LogP contribution in [0.3, 0.4) is 0 Å². The van der Waals surface area contributed by atoms with Gasteiger partial charge in [0, 0.05) is 18.2 Å². The summed E-state index contributed by atoms with van der Waals surface area (Å²) in [5, 5.41) is 4.70. The minimum absolute atomic E-state index is 0.0145. The normalized spacial score (nSPS) is 15.8. The van der Waals surface area contributed by atoms with E-state index in [1.54, 1.807) is 29.9 Å². The van der Waals surface area contributed by atoms with Crippen molar-refractivity contribution >= 4 is 40.2 Å². The molecule has 0 spiro atoms. The van der Waals surface area contributed by atoms with Crippen LogP contribution < -0.4 is 10.9 Å². The number of thioether (sulfide) groups is 1. The van der Waals surface area contributed by atoms with Gasteiger partial charge in [0.25, 0.3) is 5.56 Å². The maximum Gasteiger partial charge on any atom is 0.262 e. The number of aromatic nitrogens is 2. The molecule has 8 heteroatoms. The van der Waals surface area contributed by atoms with Gasteiger partial charge in [-0.05, 0) is 31.0 Å². The number of carbonyl (C=O) groups excluding carboxylic acids is 1. The van der Waals surface area contributed by atoms with Crippen molar-refractivity contribution in [2.45, 2.75) is 62.7 Å². The van der Waals surface area contributed by atoms with Crippen molar-refractivity contribution in [3.63, 3.8) is 0 Å². The molecule has 0 radical (unpaired) electrons. The molecule has 0 saturated heterocycles. The number of halogens is 1.